The number of primary amides is 1. The number of ether oxygens (including phenoxy) is 1. The Bertz CT molecular complexity index is 459. The van der Waals surface area contributed by atoms with Crippen molar-refractivity contribution in [1.29, 1.82) is 0 Å². The van der Waals surface area contributed by atoms with Gasteiger partial charge < -0.3 is 15.8 Å². The second kappa shape index (κ2) is 6.06. The molecule has 0 radical (unpaired) electrons. The van der Waals surface area contributed by atoms with Gasteiger partial charge in [0.05, 0.1) is 6.61 Å². The van der Waals surface area contributed by atoms with Gasteiger partial charge in [-0.1, -0.05) is 18.2 Å². The number of aryl methyl sites for hydroxylation is 1. The summed E-state index contributed by atoms with van der Waals surface area (Å²) in [6, 6.07) is 6.52. The standard InChI is InChI=1S/C15H22N2O2/c1-10-5-3-6-12-13(7-4-8-19-15(10)12)17-11(2)9-14(16)18/h3,5-6,11,13,17H,4,7-9H2,1-2H3,(H2,16,18). The molecule has 0 aliphatic carbocycles. The largest absolute Gasteiger partial charge is 0.493 e. The Hall–Kier alpha value is -1.55. The number of para-hydroxylation sites is 1. The Morgan fingerprint density at radius 1 is 1.58 bits per heavy atom. The van der Waals surface area contributed by atoms with E-state index in [-0.39, 0.29) is 18.0 Å². The number of amides is 1. The van der Waals surface area contributed by atoms with E-state index in [2.05, 4.69) is 30.4 Å². The van der Waals surface area contributed by atoms with E-state index in [4.69, 9.17) is 10.5 Å². The highest BCUT2D eigenvalue weighted by Gasteiger charge is 2.22. The summed E-state index contributed by atoms with van der Waals surface area (Å²) < 4.78 is 5.84. The third-order valence-electron chi connectivity index (χ3n) is 3.49. The van der Waals surface area contributed by atoms with Crippen LogP contribution in [0.2, 0.25) is 0 Å². The van der Waals surface area contributed by atoms with Gasteiger partial charge in [-0.15, -0.1) is 0 Å². The van der Waals surface area contributed by atoms with Gasteiger partial charge in [0, 0.05) is 24.1 Å². The summed E-state index contributed by atoms with van der Waals surface area (Å²) in [6.07, 6.45) is 2.38. The highest BCUT2D eigenvalue weighted by Crippen LogP contribution is 2.34. The Kier molecular flexibility index (Phi) is 4.43. The Balaban J connectivity index is 2.18. The number of benzene rings is 1. The number of hydrogen-bond donors (Lipinski definition) is 2. The van der Waals surface area contributed by atoms with Crippen molar-refractivity contribution in [1.82, 2.24) is 5.32 Å². The van der Waals surface area contributed by atoms with Crippen LogP contribution in [0.3, 0.4) is 0 Å². The lowest BCUT2D eigenvalue weighted by Gasteiger charge is -2.23. The van der Waals surface area contributed by atoms with Crippen molar-refractivity contribution in [3.05, 3.63) is 29.3 Å². The highest BCUT2D eigenvalue weighted by molar-refractivity contribution is 5.74. The third-order valence-corrected chi connectivity index (χ3v) is 3.49. The molecule has 1 aromatic rings. The lowest BCUT2D eigenvalue weighted by atomic mass is 9.98. The molecule has 0 saturated heterocycles. The molecule has 4 heteroatoms. The van der Waals surface area contributed by atoms with Gasteiger partial charge in [0.25, 0.3) is 0 Å². The Morgan fingerprint density at radius 2 is 2.37 bits per heavy atom. The van der Waals surface area contributed by atoms with E-state index in [9.17, 15) is 4.79 Å². The van der Waals surface area contributed by atoms with Crippen molar-refractivity contribution in [2.45, 2.75) is 45.2 Å². The smallest absolute Gasteiger partial charge is 0.218 e. The van der Waals surface area contributed by atoms with Crippen LogP contribution in [0.5, 0.6) is 5.75 Å². The van der Waals surface area contributed by atoms with Crippen LogP contribution in [-0.4, -0.2) is 18.6 Å². The highest BCUT2D eigenvalue weighted by atomic mass is 16.5. The number of nitrogens with two attached hydrogens (primary N) is 1. The van der Waals surface area contributed by atoms with E-state index >= 15 is 0 Å². The van der Waals surface area contributed by atoms with Crippen LogP contribution in [0, 0.1) is 6.92 Å². The summed E-state index contributed by atoms with van der Waals surface area (Å²) in [4.78, 5) is 11.0. The number of nitrogens with one attached hydrogen (secondary N) is 1. The molecule has 1 aliphatic rings. The summed E-state index contributed by atoms with van der Waals surface area (Å²) in [6.45, 7) is 4.81. The zero-order valence-electron chi connectivity index (χ0n) is 11.6. The van der Waals surface area contributed by atoms with Crippen molar-refractivity contribution >= 4 is 5.91 Å². The van der Waals surface area contributed by atoms with Crippen LogP contribution >= 0.6 is 0 Å². The van der Waals surface area contributed by atoms with Crippen molar-refractivity contribution in [2.24, 2.45) is 5.73 Å². The zero-order chi connectivity index (χ0) is 13.8. The molecule has 2 unspecified atom stereocenters. The molecule has 0 aromatic heterocycles. The summed E-state index contributed by atoms with van der Waals surface area (Å²) >= 11 is 0. The Labute approximate surface area is 114 Å². The van der Waals surface area contributed by atoms with Gasteiger partial charge >= 0.3 is 0 Å². The SMILES string of the molecule is Cc1cccc2c1OCCCC2NC(C)CC(N)=O. The Morgan fingerprint density at radius 3 is 3.11 bits per heavy atom. The summed E-state index contributed by atoms with van der Waals surface area (Å²) in [5.74, 6) is 0.720. The predicted molar refractivity (Wildman–Crippen MR) is 75.1 cm³/mol. The molecule has 1 heterocycles. The lowest BCUT2D eigenvalue weighted by molar-refractivity contribution is -0.118. The van der Waals surface area contributed by atoms with Crippen molar-refractivity contribution in [3.8, 4) is 5.75 Å². The fraction of sp³-hybridized carbons (Fsp3) is 0.533. The number of rotatable bonds is 4. The molecule has 0 fully saturated rings. The lowest BCUT2D eigenvalue weighted by Crippen LogP contribution is -2.34. The van der Waals surface area contributed by atoms with Crippen LogP contribution in [0.1, 0.15) is 43.4 Å². The van der Waals surface area contributed by atoms with E-state index in [0.717, 1.165) is 30.8 Å². The third kappa shape index (κ3) is 3.47. The van der Waals surface area contributed by atoms with E-state index in [0.29, 0.717) is 6.42 Å². The molecule has 1 amide bonds. The maximum atomic E-state index is 11.0. The molecule has 0 bridgehead atoms. The second-order valence-electron chi connectivity index (χ2n) is 5.27. The molecule has 104 valence electrons. The number of carbonyl (C=O) groups is 1. The summed E-state index contributed by atoms with van der Waals surface area (Å²) in [5, 5.41) is 3.49. The molecule has 0 spiro atoms. The van der Waals surface area contributed by atoms with Crippen LogP contribution < -0.4 is 15.8 Å². The average Bonchev–Trinajstić information content (AvgIpc) is 2.52. The van der Waals surface area contributed by atoms with Crippen molar-refractivity contribution in [3.63, 3.8) is 0 Å². The van der Waals surface area contributed by atoms with E-state index in [1.807, 2.05) is 6.92 Å². The quantitative estimate of drug-likeness (QED) is 0.873. The van der Waals surface area contributed by atoms with Gasteiger partial charge in [-0.05, 0) is 32.3 Å². The summed E-state index contributed by atoms with van der Waals surface area (Å²) in [7, 11) is 0. The first-order valence-electron chi connectivity index (χ1n) is 6.84. The molecular weight excluding hydrogens is 240 g/mol. The molecule has 19 heavy (non-hydrogen) atoms. The first-order valence-corrected chi connectivity index (χ1v) is 6.84. The van der Waals surface area contributed by atoms with E-state index < -0.39 is 0 Å². The zero-order valence-corrected chi connectivity index (χ0v) is 11.6. The number of fused-ring (bicyclic) bond motifs is 1. The minimum atomic E-state index is -0.269. The molecule has 0 saturated carbocycles. The maximum absolute atomic E-state index is 11.0. The van der Waals surface area contributed by atoms with Gasteiger partial charge in [0.2, 0.25) is 5.91 Å². The minimum absolute atomic E-state index is 0.0777. The van der Waals surface area contributed by atoms with Gasteiger partial charge in [-0.3, -0.25) is 4.79 Å². The fourth-order valence-electron chi connectivity index (χ4n) is 2.64. The van der Waals surface area contributed by atoms with Gasteiger partial charge in [-0.2, -0.15) is 0 Å². The van der Waals surface area contributed by atoms with E-state index in [1.54, 1.807) is 0 Å². The van der Waals surface area contributed by atoms with Gasteiger partial charge in [0.1, 0.15) is 5.75 Å². The van der Waals surface area contributed by atoms with Gasteiger partial charge in [0.15, 0.2) is 0 Å². The first kappa shape index (κ1) is 13.9. The molecule has 3 N–H and O–H groups in total. The molecule has 2 atom stereocenters. The summed E-state index contributed by atoms with van der Waals surface area (Å²) in [5.41, 5.74) is 7.59. The predicted octanol–water partition coefficient (Wildman–Crippen LogP) is 2.06. The van der Waals surface area contributed by atoms with Crippen molar-refractivity contribution < 1.29 is 9.53 Å². The molecule has 2 rings (SSSR count). The number of hydrogen-bond acceptors (Lipinski definition) is 3. The number of carbonyl (C=O) groups excluding carboxylic acids is 1. The molecule has 1 aromatic carbocycles. The first-order chi connectivity index (χ1) is 9.08. The van der Waals surface area contributed by atoms with Crippen LogP contribution in [0.25, 0.3) is 0 Å². The minimum Gasteiger partial charge on any atom is -0.493 e. The monoisotopic (exact) mass is 262 g/mol. The normalized spacial score (nSPS) is 20.0. The van der Waals surface area contributed by atoms with E-state index in [1.165, 1.54) is 5.56 Å². The van der Waals surface area contributed by atoms with Crippen LogP contribution in [0.4, 0.5) is 0 Å². The van der Waals surface area contributed by atoms with Crippen LogP contribution in [-0.2, 0) is 4.79 Å². The molecular formula is C15H22N2O2. The molecule has 4 nitrogen and oxygen atoms in total. The maximum Gasteiger partial charge on any atom is 0.218 e. The average molecular weight is 262 g/mol. The van der Waals surface area contributed by atoms with Gasteiger partial charge in [-0.25, -0.2) is 0 Å². The molecule has 1 aliphatic heterocycles. The second-order valence-corrected chi connectivity index (χ2v) is 5.27. The topological polar surface area (TPSA) is 64.3 Å². The fourth-order valence-corrected chi connectivity index (χ4v) is 2.64. The van der Waals surface area contributed by atoms with Crippen molar-refractivity contribution in [2.75, 3.05) is 6.61 Å². The van der Waals surface area contributed by atoms with Crippen LogP contribution in [0.15, 0.2) is 18.2 Å².